The molecule has 5 heterocycles. The Bertz CT molecular complexity index is 1150. The number of carbonyl (C=O) groups excluding carboxylic acids is 1. The summed E-state index contributed by atoms with van der Waals surface area (Å²) in [7, 11) is 0. The lowest BCUT2D eigenvalue weighted by Gasteiger charge is -2.27. The number of carboxylic acids is 1. The number of urea groups is 1. The van der Waals surface area contributed by atoms with Gasteiger partial charge in [0.2, 0.25) is 0 Å². The molecule has 2 aromatic rings. The third kappa shape index (κ3) is 4.48. The molecule has 3 aliphatic rings. The molecule has 0 aliphatic carbocycles. The molecule has 2 N–H and O–H groups in total. The van der Waals surface area contributed by atoms with Crippen LogP contribution in [-0.4, -0.2) is 69.9 Å². The van der Waals surface area contributed by atoms with E-state index in [-0.39, 0.29) is 18.5 Å². The zero-order valence-corrected chi connectivity index (χ0v) is 18.3. The van der Waals surface area contributed by atoms with Crippen LogP contribution >= 0.6 is 0 Å². The van der Waals surface area contributed by atoms with Gasteiger partial charge < -0.3 is 24.6 Å². The topological polar surface area (TPSA) is 111 Å². The van der Waals surface area contributed by atoms with Gasteiger partial charge >= 0.3 is 12.0 Å². The first-order chi connectivity index (χ1) is 16.1. The maximum absolute atomic E-state index is 13.1. The lowest BCUT2D eigenvalue weighted by atomic mass is 10.0. The van der Waals surface area contributed by atoms with Crippen molar-refractivity contribution in [1.82, 2.24) is 20.1 Å². The molecular weight excluding hydrogens is 422 g/mol. The standard InChI is InChI=1S/C24H27N5O4/c30-22(31)14-20(17-13-21-19(26-15-17)7-12-33-21)29-11-10-28(24(29)32)9-2-4-18-6-5-16-3-1-8-25-23(16)27-18/h3,5-7,12-13,15,18,20H,1-2,4,8-11,14H2,(H,25,27)(H,30,31). The highest BCUT2D eigenvalue weighted by Crippen LogP contribution is 2.30. The summed E-state index contributed by atoms with van der Waals surface area (Å²) in [5.74, 6) is 0.00884. The van der Waals surface area contributed by atoms with Crippen LogP contribution in [0, 0.1) is 0 Å². The highest BCUT2D eigenvalue weighted by atomic mass is 16.4. The van der Waals surface area contributed by atoms with Crippen LogP contribution < -0.4 is 5.32 Å². The molecule has 0 bridgehead atoms. The first kappa shape index (κ1) is 21.2. The van der Waals surface area contributed by atoms with E-state index >= 15 is 0 Å². The second-order valence-corrected chi connectivity index (χ2v) is 8.57. The summed E-state index contributed by atoms with van der Waals surface area (Å²) in [5.41, 5.74) is 3.12. The molecule has 2 unspecified atom stereocenters. The minimum atomic E-state index is -0.960. The summed E-state index contributed by atoms with van der Waals surface area (Å²) < 4.78 is 5.42. The van der Waals surface area contributed by atoms with Crippen molar-refractivity contribution >= 4 is 28.9 Å². The number of amides is 2. The molecule has 1 saturated heterocycles. The largest absolute Gasteiger partial charge is 0.481 e. The Labute approximate surface area is 191 Å². The predicted octanol–water partition coefficient (Wildman–Crippen LogP) is 3.12. The third-order valence-corrected chi connectivity index (χ3v) is 6.38. The number of rotatable bonds is 8. The lowest BCUT2D eigenvalue weighted by molar-refractivity contribution is -0.138. The van der Waals surface area contributed by atoms with E-state index in [4.69, 9.17) is 9.41 Å². The molecule has 0 aromatic carbocycles. The molecule has 9 nitrogen and oxygen atoms in total. The lowest BCUT2D eigenvalue weighted by Crippen LogP contribution is -2.36. The van der Waals surface area contributed by atoms with Crippen molar-refractivity contribution in [1.29, 1.82) is 0 Å². The van der Waals surface area contributed by atoms with Crippen molar-refractivity contribution in [2.75, 3.05) is 26.2 Å². The van der Waals surface area contributed by atoms with E-state index in [9.17, 15) is 14.7 Å². The Balaban J connectivity index is 1.22. The van der Waals surface area contributed by atoms with Crippen molar-refractivity contribution < 1.29 is 19.1 Å². The van der Waals surface area contributed by atoms with Gasteiger partial charge in [0.25, 0.3) is 0 Å². The van der Waals surface area contributed by atoms with Crippen molar-refractivity contribution in [3.8, 4) is 0 Å². The predicted molar refractivity (Wildman–Crippen MR) is 123 cm³/mol. The van der Waals surface area contributed by atoms with E-state index in [2.05, 4.69) is 28.5 Å². The van der Waals surface area contributed by atoms with E-state index in [0.717, 1.165) is 37.2 Å². The zero-order valence-electron chi connectivity index (χ0n) is 18.3. The summed E-state index contributed by atoms with van der Waals surface area (Å²) in [6, 6.07) is 2.93. The number of aliphatic carboxylic acids is 1. The molecule has 0 spiro atoms. The summed E-state index contributed by atoms with van der Waals surface area (Å²) >= 11 is 0. The second kappa shape index (κ2) is 9.09. The van der Waals surface area contributed by atoms with Gasteiger partial charge in [-0.1, -0.05) is 18.2 Å². The second-order valence-electron chi connectivity index (χ2n) is 8.57. The third-order valence-electron chi connectivity index (χ3n) is 6.38. The van der Waals surface area contributed by atoms with Gasteiger partial charge in [0.05, 0.1) is 24.8 Å². The SMILES string of the molecule is O=C(O)CC(c1cnc2ccoc2c1)N1CCN(CCCC2C=CC3=CCCNC3=N2)C1=O. The number of hydrogen-bond donors (Lipinski definition) is 2. The van der Waals surface area contributed by atoms with Gasteiger partial charge in [-0.3, -0.25) is 14.8 Å². The minimum Gasteiger partial charge on any atom is -0.481 e. The van der Waals surface area contributed by atoms with E-state index in [1.807, 2.05) is 0 Å². The fraction of sp³-hybridized carbons (Fsp3) is 0.417. The molecule has 5 rings (SSSR count). The maximum Gasteiger partial charge on any atom is 0.320 e. The number of fused-ring (bicyclic) bond motifs is 2. The zero-order chi connectivity index (χ0) is 22.8. The number of nitrogens with one attached hydrogen (secondary N) is 1. The van der Waals surface area contributed by atoms with Crippen LogP contribution in [0.3, 0.4) is 0 Å². The van der Waals surface area contributed by atoms with E-state index < -0.39 is 12.0 Å². The van der Waals surface area contributed by atoms with Crippen LogP contribution in [0.5, 0.6) is 0 Å². The minimum absolute atomic E-state index is 0.113. The number of aliphatic imine (C=N–C) groups is 1. The Morgan fingerprint density at radius 3 is 3.15 bits per heavy atom. The van der Waals surface area contributed by atoms with Crippen molar-refractivity contribution in [2.24, 2.45) is 4.99 Å². The van der Waals surface area contributed by atoms with E-state index in [0.29, 0.717) is 36.3 Å². The molecular formula is C24H27N5O4. The summed E-state index contributed by atoms with van der Waals surface area (Å²) in [6.45, 7) is 2.60. The summed E-state index contributed by atoms with van der Waals surface area (Å²) in [4.78, 5) is 37.3. The number of hydrogen-bond acceptors (Lipinski definition) is 6. The smallest absolute Gasteiger partial charge is 0.320 e. The Kier molecular flexibility index (Phi) is 5.85. The molecule has 9 heteroatoms. The molecule has 172 valence electrons. The van der Waals surface area contributed by atoms with Crippen molar-refractivity contribution in [3.05, 3.63) is 54.0 Å². The highest BCUT2D eigenvalue weighted by Gasteiger charge is 2.35. The molecule has 2 aromatic heterocycles. The molecule has 0 saturated carbocycles. The van der Waals surface area contributed by atoms with Gasteiger partial charge in [-0.15, -0.1) is 0 Å². The van der Waals surface area contributed by atoms with Crippen molar-refractivity contribution in [2.45, 2.75) is 37.8 Å². The van der Waals surface area contributed by atoms with Crippen LogP contribution in [0.15, 0.2) is 57.8 Å². The number of carbonyl (C=O) groups is 2. The number of amidine groups is 1. The molecule has 2 atom stereocenters. The molecule has 1 fully saturated rings. The van der Waals surface area contributed by atoms with Crippen LogP contribution in [0.4, 0.5) is 4.79 Å². The summed E-state index contributed by atoms with van der Waals surface area (Å²) in [6.07, 6.45) is 12.2. The average molecular weight is 450 g/mol. The fourth-order valence-corrected chi connectivity index (χ4v) is 4.68. The number of pyridine rings is 1. The van der Waals surface area contributed by atoms with Gasteiger partial charge in [0, 0.05) is 44.0 Å². The number of carboxylic acid groups (broad SMARTS) is 1. The highest BCUT2D eigenvalue weighted by molar-refractivity contribution is 6.02. The van der Waals surface area contributed by atoms with Crippen LogP contribution in [-0.2, 0) is 4.79 Å². The van der Waals surface area contributed by atoms with Crippen LogP contribution in [0.2, 0.25) is 0 Å². The van der Waals surface area contributed by atoms with Gasteiger partial charge in [-0.25, -0.2) is 4.79 Å². The van der Waals surface area contributed by atoms with Crippen LogP contribution in [0.25, 0.3) is 11.1 Å². The number of furan rings is 1. The average Bonchev–Trinajstić information content (AvgIpc) is 3.43. The van der Waals surface area contributed by atoms with Gasteiger partial charge in [0.1, 0.15) is 11.4 Å². The van der Waals surface area contributed by atoms with E-state index in [1.54, 1.807) is 34.4 Å². The first-order valence-corrected chi connectivity index (χ1v) is 11.4. The molecule has 33 heavy (non-hydrogen) atoms. The quantitative estimate of drug-likeness (QED) is 0.641. The maximum atomic E-state index is 13.1. The number of dihydropyridines is 1. The monoisotopic (exact) mass is 449 g/mol. The number of aromatic nitrogens is 1. The molecule has 2 amide bonds. The Hall–Kier alpha value is -3.62. The number of nitrogens with zero attached hydrogens (tertiary/aromatic N) is 4. The first-order valence-electron chi connectivity index (χ1n) is 11.4. The van der Waals surface area contributed by atoms with Gasteiger partial charge in [-0.05, 0) is 30.9 Å². The Morgan fingerprint density at radius 1 is 1.36 bits per heavy atom. The fourth-order valence-electron chi connectivity index (χ4n) is 4.68. The molecule has 0 radical (unpaired) electrons. The molecule has 3 aliphatic heterocycles. The summed E-state index contributed by atoms with van der Waals surface area (Å²) in [5, 5.41) is 12.8. The normalized spacial score (nSPS) is 21.0. The van der Waals surface area contributed by atoms with Gasteiger partial charge in [-0.2, -0.15) is 0 Å². The van der Waals surface area contributed by atoms with Crippen molar-refractivity contribution in [3.63, 3.8) is 0 Å². The van der Waals surface area contributed by atoms with Gasteiger partial charge in [0.15, 0.2) is 5.58 Å². The Morgan fingerprint density at radius 2 is 2.27 bits per heavy atom. The van der Waals surface area contributed by atoms with E-state index in [1.165, 1.54) is 0 Å². The van der Waals surface area contributed by atoms with Crippen LogP contribution in [0.1, 0.15) is 37.3 Å².